The van der Waals surface area contributed by atoms with Crippen molar-refractivity contribution in [1.82, 2.24) is 0 Å². The molecule has 1 aromatic heterocycles. The van der Waals surface area contributed by atoms with Gasteiger partial charge < -0.3 is 14.9 Å². The average Bonchev–Trinajstić information content (AvgIpc) is 2.02. The number of hydrogen-bond acceptors (Lipinski definition) is 3. The van der Waals surface area contributed by atoms with Crippen molar-refractivity contribution < 1.29 is 9.52 Å². The molecule has 66 valence electrons. The first-order valence-corrected chi connectivity index (χ1v) is 3.95. The lowest BCUT2D eigenvalue weighted by atomic mass is 10.2. The fourth-order valence-electron chi connectivity index (χ4n) is 1.30. The second-order valence-electron chi connectivity index (χ2n) is 2.95. The summed E-state index contributed by atoms with van der Waals surface area (Å²) in [6.07, 6.45) is 0. The van der Waals surface area contributed by atoms with E-state index in [1.807, 2.05) is 0 Å². The van der Waals surface area contributed by atoms with E-state index in [-0.39, 0.29) is 5.75 Å². The topological polar surface area (TPSA) is 57.2 Å². The minimum absolute atomic E-state index is 0.154. The summed E-state index contributed by atoms with van der Waals surface area (Å²) in [4.78, 5) is 0. The van der Waals surface area contributed by atoms with E-state index in [2.05, 4.69) is 0 Å². The summed E-state index contributed by atoms with van der Waals surface area (Å²) in [5, 5.41) is 18.0. The molecule has 0 spiro atoms. The number of aromatic hydroxyl groups is 1. The van der Waals surface area contributed by atoms with Crippen LogP contribution in [-0.4, -0.2) is 5.11 Å². The van der Waals surface area contributed by atoms with Crippen molar-refractivity contribution in [2.24, 2.45) is 0 Å². The molecule has 0 fully saturated rings. The van der Waals surface area contributed by atoms with E-state index >= 15 is 0 Å². The first-order chi connectivity index (χ1) is 6.16. The van der Waals surface area contributed by atoms with Gasteiger partial charge in [0.2, 0.25) is 0 Å². The standard InChI is InChI=1S/C10H9NO2/c1-6-4-9(11)8-3-2-7(12)5-10(8)13-6/h2-5,11-12H,1H3. The molecule has 13 heavy (non-hydrogen) atoms. The molecule has 0 unspecified atom stereocenters. The van der Waals surface area contributed by atoms with Crippen LogP contribution in [0.25, 0.3) is 11.0 Å². The van der Waals surface area contributed by atoms with E-state index in [0.717, 1.165) is 0 Å². The molecule has 0 amide bonds. The van der Waals surface area contributed by atoms with Crippen LogP contribution in [0.3, 0.4) is 0 Å². The molecule has 3 nitrogen and oxygen atoms in total. The van der Waals surface area contributed by atoms with Gasteiger partial charge in [-0.25, -0.2) is 0 Å². The van der Waals surface area contributed by atoms with Crippen molar-refractivity contribution >= 4 is 11.0 Å². The number of benzene rings is 1. The predicted molar refractivity (Wildman–Crippen MR) is 48.5 cm³/mol. The highest BCUT2D eigenvalue weighted by molar-refractivity contribution is 5.77. The third-order valence-electron chi connectivity index (χ3n) is 1.87. The smallest absolute Gasteiger partial charge is 0.139 e. The van der Waals surface area contributed by atoms with Gasteiger partial charge in [-0.15, -0.1) is 0 Å². The van der Waals surface area contributed by atoms with E-state index in [1.165, 1.54) is 6.07 Å². The van der Waals surface area contributed by atoms with E-state index in [1.54, 1.807) is 25.1 Å². The zero-order valence-electron chi connectivity index (χ0n) is 7.16. The van der Waals surface area contributed by atoms with Gasteiger partial charge in [-0.05, 0) is 19.1 Å². The molecule has 0 saturated heterocycles. The Hall–Kier alpha value is -1.77. The number of nitrogens with one attached hydrogen (secondary N) is 1. The van der Waals surface area contributed by atoms with Crippen LogP contribution in [-0.2, 0) is 0 Å². The minimum Gasteiger partial charge on any atom is -0.508 e. The second kappa shape index (κ2) is 2.62. The summed E-state index contributed by atoms with van der Waals surface area (Å²) in [6, 6.07) is 6.39. The van der Waals surface area contributed by atoms with Crippen molar-refractivity contribution in [1.29, 1.82) is 5.41 Å². The van der Waals surface area contributed by atoms with E-state index in [4.69, 9.17) is 9.83 Å². The van der Waals surface area contributed by atoms with E-state index in [9.17, 15) is 5.11 Å². The van der Waals surface area contributed by atoms with Gasteiger partial charge in [0.25, 0.3) is 0 Å². The van der Waals surface area contributed by atoms with Crippen LogP contribution in [0.15, 0.2) is 28.7 Å². The van der Waals surface area contributed by atoms with Crippen LogP contribution >= 0.6 is 0 Å². The second-order valence-corrected chi connectivity index (χ2v) is 2.95. The van der Waals surface area contributed by atoms with Crippen molar-refractivity contribution in [3.63, 3.8) is 0 Å². The highest BCUT2D eigenvalue weighted by atomic mass is 16.3. The third kappa shape index (κ3) is 1.28. The summed E-state index contributed by atoms with van der Waals surface area (Å²) in [6.45, 7) is 1.78. The molecule has 0 bridgehead atoms. The third-order valence-corrected chi connectivity index (χ3v) is 1.87. The number of fused-ring (bicyclic) bond motifs is 1. The number of rotatable bonds is 0. The lowest BCUT2D eigenvalue weighted by Gasteiger charge is -1.99. The summed E-state index contributed by atoms with van der Waals surface area (Å²) in [5.41, 5.74) is 0.546. The zero-order chi connectivity index (χ0) is 9.42. The molecule has 0 aliphatic heterocycles. The molecule has 0 aliphatic rings. The number of hydrogen-bond donors (Lipinski definition) is 2. The summed E-state index contributed by atoms with van der Waals surface area (Å²) < 4.78 is 5.34. The molecule has 2 aromatic rings. The van der Waals surface area contributed by atoms with Gasteiger partial charge in [0.15, 0.2) is 0 Å². The molecular formula is C10H9NO2. The normalized spacial score (nSPS) is 10.5. The van der Waals surface area contributed by atoms with Crippen LogP contribution in [0.4, 0.5) is 0 Å². The molecule has 0 radical (unpaired) electrons. The van der Waals surface area contributed by atoms with E-state index < -0.39 is 0 Å². The molecule has 2 N–H and O–H groups in total. The molecule has 1 aromatic carbocycles. The van der Waals surface area contributed by atoms with Gasteiger partial charge in [-0.3, -0.25) is 0 Å². The predicted octanol–water partition coefficient (Wildman–Crippen LogP) is 1.93. The van der Waals surface area contributed by atoms with Crippen LogP contribution in [0.1, 0.15) is 5.76 Å². The van der Waals surface area contributed by atoms with Gasteiger partial charge in [-0.2, -0.15) is 0 Å². The summed E-state index contributed by atoms with van der Waals surface area (Å²) in [7, 11) is 0. The molecule has 0 saturated carbocycles. The Balaban J connectivity index is 2.95. The van der Waals surface area contributed by atoms with Crippen LogP contribution < -0.4 is 5.36 Å². The molecule has 2 rings (SSSR count). The van der Waals surface area contributed by atoms with Crippen molar-refractivity contribution in [2.75, 3.05) is 0 Å². The number of phenols is 1. The summed E-state index contributed by atoms with van der Waals surface area (Å²) in [5.74, 6) is 0.823. The van der Waals surface area contributed by atoms with Crippen molar-refractivity contribution in [2.45, 2.75) is 6.92 Å². The van der Waals surface area contributed by atoms with E-state index in [0.29, 0.717) is 22.1 Å². The first-order valence-electron chi connectivity index (χ1n) is 3.95. The Kier molecular flexibility index (Phi) is 1.59. The largest absolute Gasteiger partial charge is 0.508 e. The Morgan fingerprint density at radius 2 is 2.08 bits per heavy atom. The van der Waals surface area contributed by atoms with Crippen LogP contribution in [0.2, 0.25) is 0 Å². The Labute approximate surface area is 74.8 Å². The maximum absolute atomic E-state index is 9.19. The lowest BCUT2D eigenvalue weighted by molar-refractivity contribution is 0.473. The molecule has 0 aliphatic carbocycles. The zero-order valence-corrected chi connectivity index (χ0v) is 7.16. The molecular weight excluding hydrogens is 166 g/mol. The highest BCUT2D eigenvalue weighted by Crippen LogP contribution is 2.17. The van der Waals surface area contributed by atoms with Gasteiger partial charge in [0.1, 0.15) is 17.1 Å². The Morgan fingerprint density at radius 1 is 1.31 bits per heavy atom. The fourth-order valence-corrected chi connectivity index (χ4v) is 1.30. The average molecular weight is 175 g/mol. The SMILES string of the molecule is Cc1cc(=N)c2ccc(O)cc2o1. The van der Waals surface area contributed by atoms with Crippen molar-refractivity contribution in [3.8, 4) is 5.75 Å². The molecule has 1 heterocycles. The fraction of sp³-hybridized carbons (Fsp3) is 0.100. The number of aryl methyl sites for hydroxylation is 1. The van der Waals surface area contributed by atoms with Gasteiger partial charge in [0, 0.05) is 17.5 Å². The minimum atomic E-state index is 0.154. The van der Waals surface area contributed by atoms with Gasteiger partial charge in [0.05, 0.1) is 5.36 Å². The highest BCUT2D eigenvalue weighted by Gasteiger charge is 1.99. The van der Waals surface area contributed by atoms with Crippen molar-refractivity contribution in [3.05, 3.63) is 35.4 Å². The van der Waals surface area contributed by atoms with Crippen LogP contribution in [0.5, 0.6) is 5.75 Å². The maximum Gasteiger partial charge on any atom is 0.139 e. The van der Waals surface area contributed by atoms with Crippen LogP contribution in [0, 0.1) is 12.3 Å². The lowest BCUT2D eigenvalue weighted by Crippen LogP contribution is -1.99. The monoisotopic (exact) mass is 175 g/mol. The Bertz CT molecular complexity index is 509. The first kappa shape index (κ1) is 7.86. The molecule has 3 heteroatoms. The summed E-state index contributed by atoms with van der Waals surface area (Å²) >= 11 is 0. The quantitative estimate of drug-likeness (QED) is 0.642. The van der Waals surface area contributed by atoms with Gasteiger partial charge >= 0.3 is 0 Å². The molecule has 0 atom stereocenters. The number of phenolic OH excluding ortho intramolecular Hbond substituents is 1. The Morgan fingerprint density at radius 3 is 2.85 bits per heavy atom. The van der Waals surface area contributed by atoms with Gasteiger partial charge in [-0.1, -0.05) is 0 Å². The maximum atomic E-state index is 9.19.